The van der Waals surface area contributed by atoms with E-state index in [1.165, 1.54) is 11.1 Å². The van der Waals surface area contributed by atoms with Crippen LogP contribution in [-0.4, -0.2) is 40.4 Å². The van der Waals surface area contributed by atoms with E-state index in [9.17, 15) is 4.79 Å². The molecule has 2 N–H and O–H groups in total. The molecule has 33 heavy (non-hydrogen) atoms. The monoisotopic (exact) mass is 467 g/mol. The number of nitrogens with one attached hydrogen (secondary N) is 1. The molecule has 1 unspecified atom stereocenters. The Balaban J connectivity index is 0.000000821. The van der Waals surface area contributed by atoms with Gasteiger partial charge in [0.1, 0.15) is 6.10 Å². The maximum atomic E-state index is 13.0. The lowest BCUT2D eigenvalue weighted by atomic mass is 9.95. The maximum Gasteiger partial charge on any atom is 0.290 e. The number of carboxylic acid groups (broad SMARTS) is 1. The normalized spacial score (nSPS) is 17.8. The van der Waals surface area contributed by atoms with Gasteiger partial charge in [-0.1, -0.05) is 54.1 Å². The molecule has 2 aromatic carbocycles. The number of rotatable bonds is 6. The fourth-order valence-corrected chi connectivity index (χ4v) is 4.36. The molecule has 0 radical (unpaired) electrons. The van der Waals surface area contributed by atoms with Gasteiger partial charge in [-0.2, -0.15) is 5.10 Å². The molecule has 1 fully saturated rings. The predicted molar refractivity (Wildman–Crippen MR) is 124 cm³/mol. The summed E-state index contributed by atoms with van der Waals surface area (Å²) in [5.41, 5.74) is 3.96. The third-order valence-electron chi connectivity index (χ3n) is 6.08. The average molecular weight is 468 g/mol. The number of nitrogens with zero attached hydrogens (tertiary/aromatic N) is 2. The Morgan fingerprint density at radius 1 is 1.21 bits per heavy atom. The molecule has 1 amide bonds. The van der Waals surface area contributed by atoms with Crippen LogP contribution in [0.15, 0.2) is 60.8 Å². The van der Waals surface area contributed by atoms with Crippen molar-refractivity contribution in [1.29, 1.82) is 0 Å². The quantitative estimate of drug-likeness (QED) is 0.538. The second-order valence-electron chi connectivity index (χ2n) is 8.24. The lowest BCUT2D eigenvalue weighted by Gasteiger charge is -2.24. The van der Waals surface area contributed by atoms with E-state index in [1.54, 1.807) is 0 Å². The first kappa shape index (κ1) is 23.0. The standard InChI is InChI=1S/C24H24ClN3O2.CH2O2/c25-20-8-6-19(7-9-20)24(11-12-24)23(29)26-14-21-22-18(10-13-30-21)16-28(27-22)15-17-4-2-1-3-5-17;2-1-3/h1-9,16,21H,10-15H2,(H,26,29);1H,(H,2,3). The van der Waals surface area contributed by atoms with Crippen molar-refractivity contribution in [2.75, 3.05) is 13.2 Å². The highest BCUT2D eigenvalue weighted by Crippen LogP contribution is 2.48. The van der Waals surface area contributed by atoms with Gasteiger partial charge in [-0.25, -0.2) is 0 Å². The van der Waals surface area contributed by atoms with Gasteiger partial charge in [0.15, 0.2) is 0 Å². The highest BCUT2D eigenvalue weighted by atomic mass is 35.5. The third kappa shape index (κ3) is 5.26. The summed E-state index contributed by atoms with van der Waals surface area (Å²) in [6.07, 6.45) is 4.47. The van der Waals surface area contributed by atoms with E-state index in [1.807, 2.05) is 47.1 Å². The molecule has 1 aromatic heterocycles. The van der Waals surface area contributed by atoms with Crippen LogP contribution in [0.5, 0.6) is 0 Å². The number of halogens is 1. The fourth-order valence-electron chi connectivity index (χ4n) is 4.23. The van der Waals surface area contributed by atoms with Gasteiger partial charge in [0.25, 0.3) is 6.47 Å². The van der Waals surface area contributed by atoms with Gasteiger partial charge in [0.2, 0.25) is 5.91 Å². The minimum Gasteiger partial charge on any atom is -0.483 e. The van der Waals surface area contributed by atoms with Crippen molar-refractivity contribution < 1.29 is 19.4 Å². The van der Waals surface area contributed by atoms with Crippen molar-refractivity contribution in [2.45, 2.75) is 37.3 Å². The first-order valence-corrected chi connectivity index (χ1v) is 11.3. The van der Waals surface area contributed by atoms with E-state index >= 15 is 0 Å². The van der Waals surface area contributed by atoms with Crippen LogP contribution in [-0.2, 0) is 32.7 Å². The van der Waals surface area contributed by atoms with Crippen molar-refractivity contribution in [3.05, 3.63) is 88.2 Å². The Labute approximate surface area is 197 Å². The number of ether oxygens (including phenoxy) is 1. The van der Waals surface area contributed by atoms with Crippen LogP contribution in [0.3, 0.4) is 0 Å². The summed E-state index contributed by atoms with van der Waals surface area (Å²) < 4.78 is 7.94. The van der Waals surface area contributed by atoms with Gasteiger partial charge in [-0.15, -0.1) is 0 Å². The lowest BCUT2D eigenvalue weighted by molar-refractivity contribution is -0.124. The molecule has 1 atom stereocenters. The number of hydrogen-bond donors (Lipinski definition) is 2. The Morgan fingerprint density at radius 3 is 2.58 bits per heavy atom. The molecule has 2 heterocycles. The number of carbonyl (C=O) groups is 2. The van der Waals surface area contributed by atoms with Gasteiger partial charge in [0.05, 0.1) is 24.3 Å². The van der Waals surface area contributed by atoms with Gasteiger partial charge in [-0.05, 0) is 48.1 Å². The molecule has 1 aliphatic carbocycles. The van der Waals surface area contributed by atoms with E-state index < -0.39 is 5.41 Å². The Kier molecular flexibility index (Phi) is 7.11. The van der Waals surface area contributed by atoms with Crippen molar-refractivity contribution >= 4 is 24.0 Å². The Morgan fingerprint density at radius 2 is 1.91 bits per heavy atom. The van der Waals surface area contributed by atoms with E-state index in [4.69, 9.17) is 31.3 Å². The van der Waals surface area contributed by atoms with Crippen LogP contribution >= 0.6 is 11.6 Å². The summed E-state index contributed by atoms with van der Waals surface area (Å²) in [5, 5.41) is 15.5. The molecule has 5 rings (SSSR count). The summed E-state index contributed by atoms with van der Waals surface area (Å²) in [5.74, 6) is 0.0595. The van der Waals surface area contributed by atoms with Gasteiger partial charge >= 0.3 is 0 Å². The van der Waals surface area contributed by atoms with Crippen LogP contribution in [0.2, 0.25) is 5.02 Å². The Hall–Kier alpha value is -3.16. The Bertz CT molecular complexity index is 1090. The number of fused-ring (bicyclic) bond motifs is 1. The summed E-state index contributed by atoms with van der Waals surface area (Å²) in [4.78, 5) is 21.3. The van der Waals surface area contributed by atoms with Crippen molar-refractivity contribution in [2.24, 2.45) is 0 Å². The van der Waals surface area contributed by atoms with E-state index in [-0.39, 0.29) is 18.5 Å². The number of amides is 1. The second-order valence-corrected chi connectivity index (χ2v) is 8.67. The highest BCUT2D eigenvalue weighted by molar-refractivity contribution is 6.30. The smallest absolute Gasteiger partial charge is 0.290 e. The lowest BCUT2D eigenvalue weighted by Crippen LogP contribution is -2.38. The van der Waals surface area contributed by atoms with E-state index in [0.717, 1.165) is 37.1 Å². The summed E-state index contributed by atoms with van der Waals surface area (Å²) in [6.45, 7) is 1.56. The van der Waals surface area contributed by atoms with Gasteiger partial charge in [-0.3, -0.25) is 14.3 Å². The largest absolute Gasteiger partial charge is 0.483 e. The zero-order valence-electron chi connectivity index (χ0n) is 18.1. The highest BCUT2D eigenvalue weighted by Gasteiger charge is 2.51. The molecule has 2 aliphatic rings. The molecule has 7 nitrogen and oxygen atoms in total. The van der Waals surface area contributed by atoms with Gasteiger partial charge in [0, 0.05) is 17.8 Å². The number of hydrogen-bond acceptors (Lipinski definition) is 4. The van der Waals surface area contributed by atoms with E-state index in [2.05, 4.69) is 23.6 Å². The zero-order valence-corrected chi connectivity index (χ0v) is 18.9. The van der Waals surface area contributed by atoms with Crippen LogP contribution in [0.25, 0.3) is 0 Å². The zero-order chi connectivity index (χ0) is 23.3. The summed E-state index contributed by atoms with van der Waals surface area (Å²) in [6, 6.07) is 17.9. The molecular formula is C25H26ClN3O4. The second kappa shape index (κ2) is 10.2. The third-order valence-corrected chi connectivity index (χ3v) is 6.33. The van der Waals surface area contributed by atoms with Crippen LogP contribution in [0.4, 0.5) is 0 Å². The number of carbonyl (C=O) groups excluding carboxylic acids is 1. The average Bonchev–Trinajstić information content (AvgIpc) is 3.53. The van der Waals surface area contributed by atoms with Gasteiger partial charge < -0.3 is 15.2 Å². The molecule has 1 saturated carbocycles. The molecule has 0 bridgehead atoms. The first-order chi connectivity index (χ1) is 16.1. The minimum atomic E-state index is -0.422. The first-order valence-electron chi connectivity index (χ1n) is 10.9. The minimum absolute atomic E-state index is 0.0595. The SMILES string of the molecule is O=C(NCC1OCCc2cn(Cc3ccccc3)nc21)C1(c2ccc(Cl)cc2)CC1.O=CO. The molecule has 3 aromatic rings. The summed E-state index contributed by atoms with van der Waals surface area (Å²) in [7, 11) is 0. The molecule has 8 heteroatoms. The molecule has 1 aliphatic heterocycles. The van der Waals surface area contributed by atoms with Crippen LogP contribution in [0, 0.1) is 0 Å². The molecule has 0 saturated heterocycles. The molecule has 172 valence electrons. The van der Waals surface area contributed by atoms with Crippen LogP contribution < -0.4 is 5.32 Å². The fraction of sp³-hybridized carbons (Fsp3) is 0.320. The number of benzene rings is 2. The van der Waals surface area contributed by atoms with E-state index in [0.29, 0.717) is 18.2 Å². The maximum absolute atomic E-state index is 13.0. The number of aromatic nitrogens is 2. The molecular weight excluding hydrogens is 442 g/mol. The van der Waals surface area contributed by atoms with Crippen LogP contribution in [0.1, 0.15) is 41.3 Å². The topological polar surface area (TPSA) is 93.5 Å². The predicted octanol–water partition coefficient (Wildman–Crippen LogP) is 3.75. The summed E-state index contributed by atoms with van der Waals surface area (Å²) >= 11 is 6.00. The van der Waals surface area contributed by atoms with Crippen molar-refractivity contribution in [3.8, 4) is 0 Å². The molecule has 0 spiro atoms. The van der Waals surface area contributed by atoms with Crippen molar-refractivity contribution in [3.63, 3.8) is 0 Å². The van der Waals surface area contributed by atoms with Crippen molar-refractivity contribution in [1.82, 2.24) is 15.1 Å².